The zero-order chi connectivity index (χ0) is 16.3. The lowest BCUT2D eigenvalue weighted by atomic mass is 9.60. The minimum Gasteiger partial charge on any atom is -0.478 e. The normalized spacial score (nSPS) is 20.9. The molecule has 0 saturated heterocycles. The second kappa shape index (κ2) is 4.46. The predicted octanol–water partition coefficient (Wildman–Crippen LogP) is 2.33. The van der Waals surface area contributed by atoms with Crippen molar-refractivity contribution in [2.24, 2.45) is 0 Å². The average Bonchev–Trinajstić information content (AvgIpc) is 2.54. The van der Waals surface area contributed by atoms with Gasteiger partial charge in [0, 0.05) is 17.5 Å². The SMILES string of the molecule is Nc1cccc2c1C1C(C(=O)O)=C(C(=O)O)C2c2ccccc21. The highest BCUT2D eigenvalue weighted by Crippen LogP contribution is 2.56. The molecule has 0 fully saturated rings. The lowest BCUT2D eigenvalue weighted by Gasteiger charge is -2.41. The van der Waals surface area contributed by atoms with Crippen molar-refractivity contribution in [3.8, 4) is 0 Å². The molecule has 0 aromatic heterocycles. The van der Waals surface area contributed by atoms with Gasteiger partial charge >= 0.3 is 11.9 Å². The molecule has 5 heteroatoms. The summed E-state index contributed by atoms with van der Waals surface area (Å²) in [5, 5.41) is 19.3. The Labute approximate surface area is 131 Å². The van der Waals surface area contributed by atoms with E-state index in [9.17, 15) is 19.8 Å². The third-order valence-electron chi connectivity index (χ3n) is 4.72. The van der Waals surface area contributed by atoms with E-state index in [-0.39, 0.29) is 11.1 Å². The van der Waals surface area contributed by atoms with Gasteiger partial charge in [-0.25, -0.2) is 9.59 Å². The van der Waals surface area contributed by atoms with Crippen molar-refractivity contribution in [1.29, 1.82) is 0 Å². The summed E-state index contributed by atoms with van der Waals surface area (Å²) < 4.78 is 0. The number of carbonyl (C=O) groups is 2. The van der Waals surface area contributed by atoms with E-state index < -0.39 is 23.8 Å². The van der Waals surface area contributed by atoms with Crippen LogP contribution >= 0.6 is 0 Å². The summed E-state index contributed by atoms with van der Waals surface area (Å²) in [6, 6.07) is 12.7. The van der Waals surface area contributed by atoms with Crippen LogP contribution in [0.1, 0.15) is 34.1 Å². The molecule has 2 atom stereocenters. The van der Waals surface area contributed by atoms with Crippen molar-refractivity contribution in [3.05, 3.63) is 75.9 Å². The first-order valence-electron chi connectivity index (χ1n) is 7.20. The van der Waals surface area contributed by atoms with Gasteiger partial charge in [-0.2, -0.15) is 0 Å². The average molecular weight is 307 g/mol. The van der Waals surface area contributed by atoms with Crippen LogP contribution in [0.15, 0.2) is 53.6 Å². The Kier molecular flexibility index (Phi) is 2.63. The van der Waals surface area contributed by atoms with E-state index >= 15 is 0 Å². The van der Waals surface area contributed by atoms with Crippen LogP contribution in [0.5, 0.6) is 0 Å². The van der Waals surface area contributed by atoms with Gasteiger partial charge < -0.3 is 15.9 Å². The molecule has 0 spiro atoms. The molecule has 2 bridgehead atoms. The maximum absolute atomic E-state index is 11.8. The Bertz CT molecular complexity index is 913. The Morgan fingerprint density at radius 2 is 1.30 bits per heavy atom. The fraction of sp³-hybridized carbons (Fsp3) is 0.111. The summed E-state index contributed by atoms with van der Waals surface area (Å²) in [5.41, 5.74) is 9.65. The number of nitrogens with two attached hydrogens (primary N) is 1. The molecule has 2 unspecified atom stereocenters. The predicted molar refractivity (Wildman–Crippen MR) is 83.3 cm³/mol. The number of carboxylic acids is 2. The second-order valence-corrected chi connectivity index (χ2v) is 5.78. The Morgan fingerprint density at radius 1 is 0.783 bits per heavy atom. The van der Waals surface area contributed by atoms with Crippen molar-refractivity contribution in [2.45, 2.75) is 11.8 Å². The van der Waals surface area contributed by atoms with Crippen molar-refractivity contribution in [2.75, 3.05) is 5.73 Å². The van der Waals surface area contributed by atoms with Crippen molar-refractivity contribution in [1.82, 2.24) is 0 Å². The van der Waals surface area contributed by atoms with E-state index in [1.165, 1.54) is 0 Å². The van der Waals surface area contributed by atoms with Gasteiger partial charge in [-0.15, -0.1) is 0 Å². The molecule has 3 aliphatic carbocycles. The van der Waals surface area contributed by atoms with Gasteiger partial charge in [-0.1, -0.05) is 36.4 Å². The van der Waals surface area contributed by atoms with Gasteiger partial charge in [0.05, 0.1) is 11.1 Å². The molecule has 3 aliphatic rings. The maximum Gasteiger partial charge on any atom is 0.333 e. The summed E-state index contributed by atoms with van der Waals surface area (Å²) in [7, 11) is 0. The van der Waals surface area contributed by atoms with E-state index in [4.69, 9.17) is 5.73 Å². The highest BCUT2D eigenvalue weighted by molar-refractivity contribution is 6.05. The molecule has 0 heterocycles. The Hall–Kier alpha value is -3.08. The van der Waals surface area contributed by atoms with Crippen molar-refractivity contribution in [3.63, 3.8) is 0 Å². The molecule has 4 N–H and O–H groups in total. The van der Waals surface area contributed by atoms with Gasteiger partial charge in [-0.05, 0) is 28.3 Å². The number of benzene rings is 2. The largest absolute Gasteiger partial charge is 0.478 e. The number of anilines is 1. The molecule has 23 heavy (non-hydrogen) atoms. The van der Waals surface area contributed by atoms with Crippen LogP contribution in [0.25, 0.3) is 0 Å². The number of hydrogen-bond acceptors (Lipinski definition) is 3. The van der Waals surface area contributed by atoms with Crippen LogP contribution < -0.4 is 5.73 Å². The van der Waals surface area contributed by atoms with E-state index in [0.717, 1.165) is 22.3 Å². The van der Waals surface area contributed by atoms with E-state index in [1.54, 1.807) is 12.1 Å². The monoisotopic (exact) mass is 307 g/mol. The minimum atomic E-state index is -1.21. The topological polar surface area (TPSA) is 101 Å². The number of carboxylic acid groups (broad SMARTS) is 2. The number of nitrogen functional groups attached to an aromatic ring is 1. The fourth-order valence-corrected chi connectivity index (χ4v) is 3.95. The standard InChI is InChI=1S/C18H13NO4/c19-11-7-3-6-10-12-8-4-1-2-5-9(8)14(13(10)11)16(18(22)23)15(12)17(20)21/h1-7,12,14H,19H2,(H,20,21)(H,22,23). The van der Waals surface area contributed by atoms with Crippen LogP contribution in [0.4, 0.5) is 5.69 Å². The Morgan fingerprint density at radius 3 is 1.91 bits per heavy atom. The third-order valence-corrected chi connectivity index (χ3v) is 4.72. The lowest BCUT2D eigenvalue weighted by Crippen LogP contribution is -2.34. The first-order chi connectivity index (χ1) is 11.0. The highest BCUT2D eigenvalue weighted by atomic mass is 16.4. The summed E-state index contributed by atoms with van der Waals surface area (Å²) in [6.45, 7) is 0. The quantitative estimate of drug-likeness (QED) is 0.739. The lowest BCUT2D eigenvalue weighted by molar-refractivity contribution is -0.136. The number of aliphatic carboxylic acids is 2. The number of rotatable bonds is 2. The van der Waals surface area contributed by atoms with Crippen molar-refractivity contribution < 1.29 is 19.8 Å². The third kappa shape index (κ3) is 1.61. The summed E-state index contributed by atoms with van der Waals surface area (Å²) >= 11 is 0. The maximum atomic E-state index is 11.8. The zero-order valence-electron chi connectivity index (χ0n) is 12.0. The van der Waals surface area contributed by atoms with E-state index in [0.29, 0.717) is 5.69 Å². The molecule has 114 valence electrons. The van der Waals surface area contributed by atoms with Crippen LogP contribution in [0, 0.1) is 0 Å². The van der Waals surface area contributed by atoms with Gasteiger partial charge in [0.15, 0.2) is 0 Å². The Balaban J connectivity index is 2.15. The summed E-state index contributed by atoms with van der Waals surface area (Å²) in [4.78, 5) is 23.6. The minimum absolute atomic E-state index is 0.0562. The van der Waals surface area contributed by atoms with Gasteiger partial charge in [0.2, 0.25) is 0 Å². The molecule has 0 amide bonds. The van der Waals surface area contributed by atoms with Gasteiger partial charge in [0.25, 0.3) is 0 Å². The molecule has 0 saturated carbocycles. The molecular weight excluding hydrogens is 294 g/mol. The first kappa shape index (κ1) is 13.6. The molecule has 0 aliphatic heterocycles. The molecule has 2 aromatic carbocycles. The summed E-state index contributed by atoms with van der Waals surface area (Å²) in [5.74, 6) is -3.64. The second-order valence-electron chi connectivity index (χ2n) is 5.78. The van der Waals surface area contributed by atoms with Crippen LogP contribution in [-0.4, -0.2) is 22.2 Å². The van der Waals surface area contributed by atoms with Gasteiger partial charge in [-0.3, -0.25) is 0 Å². The van der Waals surface area contributed by atoms with Gasteiger partial charge in [0.1, 0.15) is 0 Å². The van der Waals surface area contributed by atoms with Crippen LogP contribution in [-0.2, 0) is 9.59 Å². The molecular formula is C18H13NO4. The van der Waals surface area contributed by atoms with E-state index in [1.807, 2.05) is 30.3 Å². The fourth-order valence-electron chi connectivity index (χ4n) is 3.95. The molecule has 2 aromatic rings. The van der Waals surface area contributed by atoms with Crippen LogP contribution in [0.2, 0.25) is 0 Å². The number of hydrogen-bond donors (Lipinski definition) is 3. The van der Waals surface area contributed by atoms with Crippen molar-refractivity contribution >= 4 is 17.6 Å². The molecule has 0 radical (unpaired) electrons. The van der Waals surface area contributed by atoms with E-state index in [2.05, 4.69) is 0 Å². The van der Waals surface area contributed by atoms with Crippen LogP contribution in [0.3, 0.4) is 0 Å². The smallest absolute Gasteiger partial charge is 0.333 e. The highest BCUT2D eigenvalue weighted by Gasteiger charge is 2.48. The molecule has 5 nitrogen and oxygen atoms in total. The zero-order valence-corrected chi connectivity index (χ0v) is 12.0. The summed E-state index contributed by atoms with van der Waals surface area (Å²) in [6.07, 6.45) is 0. The first-order valence-corrected chi connectivity index (χ1v) is 7.20. The molecule has 5 rings (SSSR count).